The predicted molar refractivity (Wildman–Crippen MR) is 93.0 cm³/mol. The van der Waals surface area contributed by atoms with Crippen LogP contribution in [0.1, 0.15) is 41.5 Å². The smallest absolute Gasteiger partial charge is 0.319 e. The van der Waals surface area contributed by atoms with Gasteiger partial charge in [-0.15, -0.1) is 0 Å². The van der Waals surface area contributed by atoms with Gasteiger partial charge in [-0.2, -0.15) is 5.10 Å². The number of aromatic nitrogens is 2. The van der Waals surface area contributed by atoms with Crippen LogP contribution in [-0.4, -0.2) is 28.3 Å². The fourth-order valence-corrected chi connectivity index (χ4v) is 2.49. The number of amides is 3. The number of hydrogen-bond acceptors (Lipinski definition) is 3. The number of rotatable bonds is 5. The molecule has 1 aromatic heterocycles. The van der Waals surface area contributed by atoms with Crippen LogP contribution in [0.3, 0.4) is 0 Å². The Balaban J connectivity index is 2.00. The number of nitrogens with zero attached hydrogens (tertiary/aromatic N) is 2. The first-order chi connectivity index (χ1) is 11.4. The van der Waals surface area contributed by atoms with E-state index in [1.807, 2.05) is 34.0 Å². The molecule has 1 aromatic carbocycles. The van der Waals surface area contributed by atoms with Gasteiger partial charge >= 0.3 is 6.03 Å². The molecule has 1 heterocycles. The minimum Gasteiger partial charge on any atom is -0.352 e. The molecule has 0 fully saturated rings. The highest BCUT2D eigenvalue weighted by Gasteiger charge is 2.14. The van der Waals surface area contributed by atoms with Crippen molar-refractivity contribution in [1.82, 2.24) is 20.4 Å². The number of carbonyl (C=O) groups is 2. The highest BCUT2D eigenvalue weighted by molar-refractivity contribution is 5.96. The maximum absolute atomic E-state index is 12.2. The minimum absolute atomic E-state index is 0.166. The Hall–Kier alpha value is -2.83. The van der Waals surface area contributed by atoms with Crippen LogP contribution in [0.5, 0.6) is 0 Å². The number of nitrogens with one attached hydrogen (secondary N) is 3. The zero-order chi connectivity index (χ0) is 17.7. The zero-order valence-electron chi connectivity index (χ0n) is 14.4. The molecule has 0 spiro atoms. The second-order valence-corrected chi connectivity index (χ2v) is 5.60. The second-order valence-electron chi connectivity index (χ2n) is 5.60. The topological polar surface area (TPSA) is 88.0 Å². The van der Waals surface area contributed by atoms with Gasteiger partial charge in [0.1, 0.15) is 0 Å². The largest absolute Gasteiger partial charge is 0.352 e. The van der Waals surface area contributed by atoms with Gasteiger partial charge in [-0.05, 0) is 39.0 Å². The monoisotopic (exact) mass is 329 g/mol. The number of anilines is 1. The van der Waals surface area contributed by atoms with Crippen LogP contribution in [0.2, 0.25) is 0 Å². The van der Waals surface area contributed by atoms with Crippen molar-refractivity contribution in [3.63, 3.8) is 0 Å². The minimum atomic E-state index is -0.334. The molecule has 0 aliphatic carbocycles. The molecule has 2 rings (SSSR count). The van der Waals surface area contributed by atoms with Gasteiger partial charge in [0, 0.05) is 36.6 Å². The van der Waals surface area contributed by atoms with Crippen molar-refractivity contribution in [2.24, 2.45) is 7.05 Å². The Morgan fingerprint density at radius 3 is 2.71 bits per heavy atom. The summed E-state index contributed by atoms with van der Waals surface area (Å²) in [4.78, 5) is 24.0. The Morgan fingerprint density at radius 1 is 1.33 bits per heavy atom. The molecule has 7 heteroatoms. The molecule has 7 nitrogen and oxygen atoms in total. The summed E-state index contributed by atoms with van der Waals surface area (Å²) in [6, 6.07) is 6.31. The molecule has 128 valence electrons. The Labute approximate surface area is 141 Å². The molecule has 0 aliphatic heterocycles. The first-order valence-electron chi connectivity index (χ1n) is 7.86. The molecule has 0 radical (unpaired) electrons. The van der Waals surface area contributed by atoms with E-state index in [4.69, 9.17) is 0 Å². The Morgan fingerprint density at radius 2 is 2.08 bits per heavy atom. The quantitative estimate of drug-likeness (QED) is 0.787. The summed E-state index contributed by atoms with van der Waals surface area (Å²) in [7, 11) is 1.84. The van der Waals surface area contributed by atoms with Crippen molar-refractivity contribution in [2.45, 2.75) is 26.8 Å². The van der Waals surface area contributed by atoms with Crippen molar-refractivity contribution in [1.29, 1.82) is 0 Å². The zero-order valence-corrected chi connectivity index (χ0v) is 14.4. The van der Waals surface area contributed by atoms with E-state index < -0.39 is 0 Å². The van der Waals surface area contributed by atoms with E-state index in [0.717, 1.165) is 11.3 Å². The lowest BCUT2D eigenvalue weighted by Gasteiger charge is -2.14. The van der Waals surface area contributed by atoms with Crippen LogP contribution in [0, 0.1) is 6.92 Å². The Kier molecular flexibility index (Phi) is 5.57. The third kappa shape index (κ3) is 4.34. The van der Waals surface area contributed by atoms with Crippen molar-refractivity contribution in [3.05, 3.63) is 47.3 Å². The average molecular weight is 329 g/mol. The molecule has 3 N–H and O–H groups in total. The summed E-state index contributed by atoms with van der Waals surface area (Å²) in [6.07, 6.45) is 1.88. The molecule has 0 aliphatic rings. The van der Waals surface area contributed by atoms with Gasteiger partial charge in [0.05, 0.1) is 11.7 Å². The molecular formula is C17H23N5O2. The number of hydrogen-bond donors (Lipinski definition) is 3. The second kappa shape index (κ2) is 7.63. The van der Waals surface area contributed by atoms with Gasteiger partial charge in [0.2, 0.25) is 0 Å². The standard InChI is InChI=1S/C17H23N5O2/c1-5-18-16(23)13-7-6-8-14(9-13)20-17(24)19-11(2)15-10-22(4)21-12(15)3/h6-11H,5H2,1-4H3,(H,18,23)(H2,19,20,24). The van der Waals surface area contributed by atoms with E-state index in [0.29, 0.717) is 17.8 Å². The van der Waals surface area contributed by atoms with Crippen LogP contribution >= 0.6 is 0 Å². The number of carbonyl (C=O) groups excluding carboxylic acids is 2. The molecule has 0 saturated carbocycles. The van der Waals surface area contributed by atoms with E-state index >= 15 is 0 Å². The van der Waals surface area contributed by atoms with Crippen LogP contribution in [-0.2, 0) is 7.05 Å². The SMILES string of the molecule is CCNC(=O)c1cccc(NC(=O)NC(C)c2cn(C)nc2C)c1. The first kappa shape index (κ1) is 17.5. The molecular weight excluding hydrogens is 306 g/mol. The molecule has 1 unspecified atom stereocenters. The lowest BCUT2D eigenvalue weighted by Crippen LogP contribution is -2.31. The summed E-state index contributed by atoms with van der Waals surface area (Å²) in [6.45, 7) is 6.21. The summed E-state index contributed by atoms with van der Waals surface area (Å²) in [5, 5.41) is 12.6. The van der Waals surface area contributed by atoms with Gasteiger partial charge < -0.3 is 16.0 Å². The third-order valence-electron chi connectivity index (χ3n) is 3.59. The fourth-order valence-electron chi connectivity index (χ4n) is 2.49. The molecule has 1 atom stereocenters. The highest BCUT2D eigenvalue weighted by Crippen LogP contribution is 2.16. The van der Waals surface area contributed by atoms with Crippen molar-refractivity contribution in [2.75, 3.05) is 11.9 Å². The van der Waals surface area contributed by atoms with Gasteiger partial charge in [0.15, 0.2) is 0 Å². The molecule has 0 bridgehead atoms. The van der Waals surface area contributed by atoms with Crippen LogP contribution in [0.4, 0.5) is 10.5 Å². The number of aryl methyl sites for hydroxylation is 2. The van der Waals surface area contributed by atoms with Crippen molar-refractivity contribution in [3.8, 4) is 0 Å². The first-order valence-corrected chi connectivity index (χ1v) is 7.86. The fraction of sp³-hybridized carbons (Fsp3) is 0.353. The predicted octanol–water partition coefficient (Wildman–Crippen LogP) is 2.36. The van der Waals surface area contributed by atoms with Gasteiger partial charge in [0.25, 0.3) is 5.91 Å². The van der Waals surface area contributed by atoms with Gasteiger partial charge in [-0.3, -0.25) is 9.48 Å². The van der Waals surface area contributed by atoms with Crippen LogP contribution < -0.4 is 16.0 Å². The lowest BCUT2D eigenvalue weighted by atomic mass is 10.1. The summed E-state index contributed by atoms with van der Waals surface area (Å²) >= 11 is 0. The van der Waals surface area contributed by atoms with Gasteiger partial charge in [-0.25, -0.2) is 4.79 Å². The maximum Gasteiger partial charge on any atom is 0.319 e. The average Bonchev–Trinajstić information content (AvgIpc) is 2.86. The van der Waals surface area contributed by atoms with Crippen molar-refractivity contribution < 1.29 is 9.59 Å². The molecule has 0 saturated heterocycles. The van der Waals surface area contributed by atoms with Crippen LogP contribution in [0.25, 0.3) is 0 Å². The van der Waals surface area contributed by atoms with E-state index in [9.17, 15) is 9.59 Å². The molecule has 24 heavy (non-hydrogen) atoms. The maximum atomic E-state index is 12.2. The number of urea groups is 1. The van der Waals surface area contributed by atoms with E-state index in [2.05, 4.69) is 21.0 Å². The van der Waals surface area contributed by atoms with Crippen molar-refractivity contribution >= 4 is 17.6 Å². The van der Waals surface area contributed by atoms with E-state index in [-0.39, 0.29) is 18.0 Å². The van der Waals surface area contributed by atoms with E-state index in [1.54, 1.807) is 28.9 Å². The highest BCUT2D eigenvalue weighted by atomic mass is 16.2. The summed E-state index contributed by atoms with van der Waals surface area (Å²) in [5.41, 5.74) is 2.91. The third-order valence-corrected chi connectivity index (χ3v) is 3.59. The molecule has 3 amide bonds. The normalized spacial score (nSPS) is 11.7. The van der Waals surface area contributed by atoms with Gasteiger partial charge in [-0.1, -0.05) is 6.07 Å². The summed E-state index contributed by atoms with van der Waals surface area (Å²) < 4.78 is 1.72. The van der Waals surface area contributed by atoms with Crippen LogP contribution in [0.15, 0.2) is 30.5 Å². The summed E-state index contributed by atoms with van der Waals surface area (Å²) in [5.74, 6) is -0.166. The Bertz CT molecular complexity index is 738. The molecule has 2 aromatic rings. The van der Waals surface area contributed by atoms with E-state index in [1.165, 1.54) is 0 Å². The number of benzene rings is 1. The lowest BCUT2D eigenvalue weighted by molar-refractivity contribution is 0.0956.